The summed E-state index contributed by atoms with van der Waals surface area (Å²) < 4.78 is 4.96. The number of carbonyl (C=O) groups excluding carboxylic acids is 2. The third-order valence-electron chi connectivity index (χ3n) is 3.32. The van der Waals surface area contributed by atoms with Gasteiger partial charge in [0.2, 0.25) is 0 Å². The Morgan fingerprint density at radius 2 is 2.23 bits per heavy atom. The molecule has 13 heavy (non-hydrogen) atoms. The lowest BCUT2D eigenvalue weighted by molar-refractivity contribution is -0.129. The Hall–Kier alpha value is -1.06. The van der Waals surface area contributed by atoms with Gasteiger partial charge in [0, 0.05) is 18.9 Å². The monoisotopic (exact) mass is 183 g/mol. The molecule has 0 aliphatic carbocycles. The average Bonchev–Trinajstić information content (AvgIpc) is 2.39. The lowest BCUT2D eigenvalue weighted by atomic mass is 9.79. The van der Waals surface area contributed by atoms with Crippen molar-refractivity contribution in [2.75, 3.05) is 13.2 Å². The van der Waals surface area contributed by atoms with Gasteiger partial charge in [-0.2, -0.15) is 0 Å². The Bertz CT molecular complexity index is 274. The van der Waals surface area contributed by atoms with Crippen molar-refractivity contribution in [2.45, 2.75) is 25.8 Å². The van der Waals surface area contributed by atoms with Crippen molar-refractivity contribution in [2.24, 2.45) is 5.92 Å². The molecule has 2 saturated heterocycles. The maximum Gasteiger partial charge on any atom is 0.410 e. The molecule has 72 valence electrons. The molecule has 2 aliphatic heterocycles. The number of rotatable bonds is 0. The highest BCUT2D eigenvalue weighted by Crippen LogP contribution is 2.35. The molecule has 0 spiro atoms. The number of ketones is 1. The van der Waals surface area contributed by atoms with Gasteiger partial charge >= 0.3 is 6.09 Å². The summed E-state index contributed by atoms with van der Waals surface area (Å²) in [5.41, 5.74) is -0.396. The Labute approximate surface area is 76.8 Å². The fraction of sp³-hybridized carbons (Fsp3) is 0.778. The fourth-order valence-electron chi connectivity index (χ4n) is 2.06. The van der Waals surface area contributed by atoms with Gasteiger partial charge < -0.3 is 4.74 Å². The van der Waals surface area contributed by atoms with E-state index in [9.17, 15) is 9.59 Å². The predicted octanol–water partition coefficient (Wildman–Crippen LogP) is 0.806. The largest absolute Gasteiger partial charge is 0.447 e. The van der Waals surface area contributed by atoms with Gasteiger partial charge in [0.15, 0.2) is 0 Å². The van der Waals surface area contributed by atoms with E-state index in [4.69, 9.17) is 4.74 Å². The molecule has 0 saturated carbocycles. The van der Waals surface area contributed by atoms with Crippen molar-refractivity contribution in [3.63, 3.8) is 0 Å². The summed E-state index contributed by atoms with van der Waals surface area (Å²) in [5.74, 6) is 0.129. The van der Waals surface area contributed by atoms with E-state index >= 15 is 0 Å². The number of Topliss-reactive ketones (excluding diaryl/α,β-unsaturated/α-hetero) is 1. The average molecular weight is 183 g/mol. The van der Waals surface area contributed by atoms with E-state index in [1.54, 1.807) is 4.90 Å². The number of nitrogens with zero attached hydrogens (tertiary/aromatic N) is 1. The summed E-state index contributed by atoms with van der Waals surface area (Å²) in [7, 11) is 0. The highest BCUT2D eigenvalue weighted by molar-refractivity contribution is 5.86. The summed E-state index contributed by atoms with van der Waals surface area (Å²) in [6.45, 7) is 4.65. The molecule has 0 aromatic heterocycles. The predicted molar refractivity (Wildman–Crippen MR) is 45.2 cm³/mol. The van der Waals surface area contributed by atoms with Crippen molar-refractivity contribution in [1.82, 2.24) is 4.90 Å². The summed E-state index contributed by atoms with van der Waals surface area (Å²) in [6, 6.07) is 0. The van der Waals surface area contributed by atoms with Crippen molar-refractivity contribution in [3.8, 4) is 0 Å². The number of carbonyl (C=O) groups is 2. The molecule has 2 heterocycles. The van der Waals surface area contributed by atoms with Gasteiger partial charge in [-0.3, -0.25) is 9.69 Å². The second kappa shape index (κ2) is 2.47. The number of fused-ring (bicyclic) bond motifs is 1. The lowest BCUT2D eigenvalue weighted by Crippen LogP contribution is -2.56. The van der Waals surface area contributed by atoms with Crippen LogP contribution in [0, 0.1) is 5.92 Å². The standard InChI is InChI=1S/C9H13NO3/c1-6-7(11)3-4-10-8(12)13-5-9(6,10)2/h6H,3-5H2,1-2H3/t6?,9-/m0/s1. The van der Waals surface area contributed by atoms with Crippen LogP contribution in [0.25, 0.3) is 0 Å². The number of cyclic esters (lactones) is 1. The van der Waals surface area contributed by atoms with Crippen LogP contribution in [0.1, 0.15) is 20.3 Å². The molecule has 0 radical (unpaired) electrons. The molecule has 2 rings (SSSR count). The highest BCUT2D eigenvalue weighted by atomic mass is 16.6. The Balaban J connectivity index is 2.33. The molecule has 1 amide bonds. The maximum atomic E-state index is 11.5. The first kappa shape index (κ1) is 8.53. The Morgan fingerprint density at radius 1 is 1.54 bits per heavy atom. The van der Waals surface area contributed by atoms with Crippen LogP contribution in [-0.2, 0) is 9.53 Å². The van der Waals surface area contributed by atoms with E-state index in [1.807, 2.05) is 13.8 Å². The van der Waals surface area contributed by atoms with Crippen LogP contribution in [0.2, 0.25) is 0 Å². The molecule has 0 N–H and O–H groups in total. The van der Waals surface area contributed by atoms with Crippen molar-refractivity contribution < 1.29 is 14.3 Å². The van der Waals surface area contributed by atoms with Crippen molar-refractivity contribution >= 4 is 11.9 Å². The minimum Gasteiger partial charge on any atom is -0.447 e. The number of amides is 1. The van der Waals surface area contributed by atoms with E-state index in [1.165, 1.54) is 0 Å². The molecule has 4 heteroatoms. The molecule has 1 unspecified atom stereocenters. The van der Waals surface area contributed by atoms with Gasteiger partial charge in [-0.05, 0) is 6.92 Å². The number of hydrogen-bond donors (Lipinski definition) is 0. The third kappa shape index (κ3) is 0.975. The minimum atomic E-state index is -0.396. The number of piperidine rings is 1. The van der Waals surface area contributed by atoms with Crippen LogP contribution in [-0.4, -0.2) is 35.5 Å². The van der Waals surface area contributed by atoms with E-state index < -0.39 is 5.54 Å². The van der Waals surface area contributed by atoms with Crippen LogP contribution in [0.3, 0.4) is 0 Å². The summed E-state index contributed by atoms with van der Waals surface area (Å²) >= 11 is 0. The summed E-state index contributed by atoms with van der Waals surface area (Å²) in [6.07, 6.45) is 0.188. The van der Waals surface area contributed by atoms with Gasteiger partial charge in [-0.25, -0.2) is 4.79 Å². The van der Waals surface area contributed by atoms with E-state index in [-0.39, 0.29) is 17.8 Å². The van der Waals surface area contributed by atoms with E-state index in [0.29, 0.717) is 19.6 Å². The zero-order valence-electron chi connectivity index (χ0n) is 7.87. The maximum absolute atomic E-state index is 11.5. The second-order valence-electron chi connectivity index (χ2n) is 4.00. The molecule has 2 fully saturated rings. The first-order valence-electron chi connectivity index (χ1n) is 4.53. The Kier molecular flexibility index (Phi) is 1.62. The van der Waals surface area contributed by atoms with Crippen molar-refractivity contribution in [1.29, 1.82) is 0 Å². The highest BCUT2D eigenvalue weighted by Gasteiger charge is 2.52. The molecule has 4 nitrogen and oxygen atoms in total. The van der Waals surface area contributed by atoms with E-state index in [0.717, 1.165) is 0 Å². The third-order valence-corrected chi connectivity index (χ3v) is 3.32. The first-order valence-corrected chi connectivity index (χ1v) is 4.53. The minimum absolute atomic E-state index is 0.104. The molecule has 2 atom stereocenters. The van der Waals surface area contributed by atoms with Crippen molar-refractivity contribution in [3.05, 3.63) is 0 Å². The molecule has 0 aromatic carbocycles. The zero-order valence-corrected chi connectivity index (χ0v) is 7.87. The van der Waals surface area contributed by atoms with Gasteiger partial charge in [0.05, 0.1) is 5.54 Å². The fourth-order valence-corrected chi connectivity index (χ4v) is 2.06. The van der Waals surface area contributed by atoms with Crippen LogP contribution in [0.4, 0.5) is 4.79 Å². The van der Waals surface area contributed by atoms with Crippen LogP contribution in [0.15, 0.2) is 0 Å². The van der Waals surface area contributed by atoms with E-state index in [2.05, 4.69) is 0 Å². The topological polar surface area (TPSA) is 46.6 Å². The second-order valence-corrected chi connectivity index (χ2v) is 4.00. The zero-order chi connectivity index (χ0) is 9.64. The molecule has 0 aromatic rings. The lowest BCUT2D eigenvalue weighted by Gasteiger charge is -2.40. The smallest absolute Gasteiger partial charge is 0.410 e. The quantitative estimate of drug-likeness (QED) is 0.558. The summed E-state index contributed by atoms with van der Waals surface area (Å²) in [5, 5.41) is 0. The van der Waals surface area contributed by atoms with Gasteiger partial charge in [0.1, 0.15) is 12.4 Å². The molecular formula is C9H13NO3. The normalized spacial score (nSPS) is 38.9. The molecule has 2 aliphatic rings. The molecular weight excluding hydrogens is 170 g/mol. The van der Waals surface area contributed by atoms with Gasteiger partial charge in [0.25, 0.3) is 0 Å². The Morgan fingerprint density at radius 3 is 2.92 bits per heavy atom. The SMILES string of the molecule is CC1C(=O)CCN2C(=O)OC[C@@]12C. The molecule has 0 bridgehead atoms. The number of ether oxygens (including phenoxy) is 1. The van der Waals surface area contributed by atoms with Gasteiger partial charge in [-0.15, -0.1) is 0 Å². The van der Waals surface area contributed by atoms with Crippen LogP contribution < -0.4 is 0 Å². The summed E-state index contributed by atoms with van der Waals surface area (Å²) in [4.78, 5) is 24.4. The van der Waals surface area contributed by atoms with Gasteiger partial charge in [-0.1, -0.05) is 6.92 Å². The van der Waals surface area contributed by atoms with Crippen LogP contribution in [0.5, 0.6) is 0 Å². The first-order chi connectivity index (χ1) is 6.05. The number of hydrogen-bond acceptors (Lipinski definition) is 3. The van der Waals surface area contributed by atoms with Crippen LogP contribution >= 0.6 is 0 Å².